The number of anilines is 1. The lowest BCUT2D eigenvalue weighted by Crippen LogP contribution is -2.13. The fourth-order valence-corrected chi connectivity index (χ4v) is 1.91. The Labute approximate surface area is 117 Å². The lowest BCUT2D eigenvalue weighted by molar-refractivity contribution is -0.138. The number of nitrogens with zero attached hydrogens (tertiary/aromatic N) is 3. The van der Waals surface area contributed by atoms with Crippen LogP contribution in [0.2, 0.25) is 0 Å². The summed E-state index contributed by atoms with van der Waals surface area (Å²) < 4.78 is 53.6. The van der Waals surface area contributed by atoms with Crippen molar-refractivity contribution >= 4 is 12.2 Å². The molecule has 8 heteroatoms. The number of hydrogen-bond donors (Lipinski definition) is 1. The minimum Gasteiger partial charge on any atom is -0.368 e. The van der Waals surface area contributed by atoms with Crippen molar-refractivity contribution in [2.24, 2.45) is 5.10 Å². The SMILES string of the molecule is Cc1cn(N=Cc2ccc(F)c(C)c2C(F)(F)F)c(N)n1. The lowest BCUT2D eigenvalue weighted by Gasteiger charge is -2.13. The molecule has 1 heterocycles. The molecule has 2 N–H and O–H groups in total. The number of benzene rings is 1. The summed E-state index contributed by atoms with van der Waals surface area (Å²) in [5.41, 5.74) is 4.35. The number of rotatable bonds is 2. The van der Waals surface area contributed by atoms with Gasteiger partial charge in [-0.1, -0.05) is 0 Å². The highest BCUT2D eigenvalue weighted by molar-refractivity contribution is 5.82. The van der Waals surface area contributed by atoms with Gasteiger partial charge in [0.2, 0.25) is 5.95 Å². The molecule has 2 aromatic rings. The summed E-state index contributed by atoms with van der Waals surface area (Å²) in [5.74, 6) is -0.867. The predicted octanol–water partition coefficient (Wildman–Crippen LogP) is 3.12. The zero-order valence-electron chi connectivity index (χ0n) is 11.2. The van der Waals surface area contributed by atoms with Crippen LogP contribution < -0.4 is 5.73 Å². The molecule has 4 nitrogen and oxygen atoms in total. The second-order valence-electron chi connectivity index (χ2n) is 4.46. The molecule has 0 radical (unpaired) electrons. The van der Waals surface area contributed by atoms with Crippen molar-refractivity contribution in [2.45, 2.75) is 20.0 Å². The number of nitrogen functional groups attached to an aromatic ring is 1. The highest BCUT2D eigenvalue weighted by Gasteiger charge is 2.35. The second kappa shape index (κ2) is 5.19. The van der Waals surface area contributed by atoms with Gasteiger partial charge in [-0.2, -0.15) is 18.3 Å². The molecule has 0 saturated carbocycles. The first kappa shape index (κ1) is 15.0. The molecular formula is C13H12F4N4. The molecule has 21 heavy (non-hydrogen) atoms. The van der Waals surface area contributed by atoms with E-state index in [1.54, 1.807) is 6.92 Å². The summed E-state index contributed by atoms with van der Waals surface area (Å²) in [6, 6.07) is 1.99. The first-order valence-electron chi connectivity index (χ1n) is 5.92. The van der Waals surface area contributed by atoms with Crippen LogP contribution in [0, 0.1) is 19.7 Å². The Balaban J connectivity index is 2.50. The van der Waals surface area contributed by atoms with Gasteiger partial charge in [0, 0.05) is 5.56 Å². The highest BCUT2D eigenvalue weighted by atomic mass is 19.4. The molecule has 0 saturated heterocycles. The summed E-state index contributed by atoms with van der Waals surface area (Å²) in [4.78, 5) is 3.87. The number of aromatic nitrogens is 2. The number of alkyl halides is 3. The monoisotopic (exact) mass is 300 g/mol. The van der Waals surface area contributed by atoms with E-state index in [9.17, 15) is 17.6 Å². The van der Waals surface area contributed by atoms with E-state index in [2.05, 4.69) is 10.1 Å². The van der Waals surface area contributed by atoms with Crippen LogP contribution in [-0.2, 0) is 6.18 Å². The van der Waals surface area contributed by atoms with Crippen molar-refractivity contribution < 1.29 is 17.6 Å². The summed E-state index contributed by atoms with van der Waals surface area (Å²) >= 11 is 0. The van der Waals surface area contributed by atoms with Crippen LogP contribution >= 0.6 is 0 Å². The van der Waals surface area contributed by atoms with E-state index in [4.69, 9.17) is 5.73 Å². The van der Waals surface area contributed by atoms with Gasteiger partial charge in [-0.05, 0) is 31.5 Å². The van der Waals surface area contributed by atoms with Gasteiger partial charge in [-0.15, -0.1) is 0 Å². The molecule has 1 aromatic carbocycles. The number of halogens is 4. The van der Waals surface area contributed by atoms with E-state index in [1.807, 2.05) is 0 Å². The average molecular weight is 300 g/mol. The predicted molar refractivity (Wildman–Crippen MR) is 70.5 cm³/mol. The van der Waals surface area contributed by atoms with Crippen molar-refractivity contribution in [2.75, 3.05) is 5.73 Å². The molecule has 1 aromatic heterocycles. The summed E-state index contributed by atoms with van der Waals surface area (Å²) in [7, 11) is 0. The Morgan fingerprint density at radius 2 is 1.95 bits per heavy atom. The highest BCUT2D eigenvalue weighted by Crippen LogP contribution is 2.34. The largest absolute Gasteiger partial charge is 0.417 e. The maximum Gasteiger partial charge on any atom is 0.417 e. The molecule has 0 atom stereocenters. The van der Waals surface area contributed by atoms with Crippen molar-refractivity contribution in [1.82, 2.24) is 9.66 Å². The Morgan fingerprint density at radius 1 is 1.29 bits per heavy atom. The van der Waals surface area contributed by atoms with Crippen LogP contribution in [0.5, 0.6) is 0 Å². The van der Waals surface area contributed by atoms with Crippen LogP contribution in [0.1, 0.15) is 22.4 Å². The van der Waals surface area contributed by atoms with Gasteiger partial charge in [0.25, 0.3) is 0 Å². The fraction of sp³-hybridized carbons (Fsp3) is 0.231. The van der Waals surface area contributed by atoms with Crippen LogP contribution in [0.4, 0.5) is 23.5 Å². The number of imidazole rings is 1. The third-order valence-corrected chi connectivity index (χ3v) is 2.87. The van der Waals surface area contributed by atoms with Crippen molar-refractivity contribution in [3.05, 3.63) is 46.5 Å². The number of nitrogens with two attached hydrogens (primary N) is 1. The van der Waals surface area contributed by atoms with Crippen molar-refractivity contribution in [1.29, 1.82) is 0 Å². The third kappa shape index (κ3) is 3.04. The van der Waals surface area contributed by atoms with E-state index in [0.717, 1.165) is 29.9 Å². The molecule has 0 aliphatic rings. The molecule has 0 bridgehead atoms. The Bertz CT molecular complexity index is 701. The normalized spacial score (nSPS) is 12.3. The van der Waals surface area contributed by atoms with Gasteiger partial charge >= 0.3 is 6.18 Å². The Hall–Kier alpha value is -2.38. The second-order valence-corrected chi connectivity index (χ2v) is 4.46. The van der Waals surface area contributed by atoms with Gasteiger partial charge in [0.05, 0.1) is 23.7 Å². The minimum absolute atomic E-state index is 0.0520. The molecule has 0 amide bonds. The molecule has 2 rings (SSSR count). The molecular weight excluding hydrogens is 288 g/mol. The van der Waals surface area contributed by atoms with Crippen LogP contribution in [0.15, 0.2) is 23.4 Å². The number of aryl methyl sites for hydroxylation is 1. The van der Waals surface area contributed by atoms with E-state index in [1.165, 1.54) is 6.20 Å². The summed E-state index contributed by atoms with van der Waals surface area (Å²) in [5, 5.41) is 3.82. The minimum atomic E-state index is -4.68. The standard InChI is InChI=1S/C13H12F4N4/c1-7-6-21(12(18)20-7)19-5-9-3-4-10(14)8(2)11(9)13(15,16)17/h3-6H,1-2H3,(H2,18,20). The Morgan fingerprint density at radius 3 is 2.48 bits per heavy atom. The summed E-state index contributed by atoms with van der Waals surface area (Å²) in [6.45, 7) is 2.75. The zero-order chi connectivity index (χ0) is 15.8. The average Bonchev–Trinajstić information content (AvgIpc) is 2.67. The maximum atomic E-state index is 13.3. The molecule has 0 aliphatic carbocycles. The van der Waals surface area contributed by atoms with Crippen LogP contribution in [0.25, 0.3) is 0 Å². The fourth-order valence-electron chi connectivity index (χ4n) is 1.91. The van der Waals surface area contributed by atoms with Crippen molar-refractivity contribution in [3.63, 3.8) is 0 Å². The first-order chi connectivity index (χ1) is 9.70. The van der Waals surface area contributed by atoms with E-state index in [0.29, 0.717) is 5.69 Å². The lowest BCUT2D eigenvalue weighted by atomic mass is 10.0. The Kier molecular flexibility index (Phi) is 3.71. The topological polar surface area (TPSA) is 56.2 Å². The first-order valence-corrected chi connectivity index (χ1v) is 5.92. The summed E-state index contributed by atoms with van der Waals surface area (Å²) in [6.07, 6.45) is -2.23. The van der Waals surface area contributed by atoms with Gasteiger partial charge in [-0.3, -0.25) is 0 Å². The van der Waals surface area contributed by atoms with Crippen molar-refractivity contribution in [3.8, 4) is 0 Å². The van der Waals surface area contributed by atoms with Crippen LogP contribution in [-0.4, -0.2) is 15.9 Å². The van der Waals surface area contributed by atoms with Gasteiger partial charge in [0.15, 0.2) is 0 Å². The van der Waals surface area contributed by atoms with Gasteiger partial charge < -0.3 is 5.73 Å². The molecule has 0 aliphatic heterocycles. The van der Waals surface area contributed by atoms with E-state index < -0.39 is 23.1 Å². The quantitative estimate of drug-likeness (QED) is 0.684. The third-order valence-electron chi connectivity index (χ3n) is 2.87. The molecule has 112 valence electrons. The van der Waals surface area contributed by atoms with Gasteiger partial charge in [0.1, 0.15) is 5.82 Å². The molecule has 0 unspecified atom stereocenters. The van der Waals surface area contributed by atoms with E-state index >= 15 is 0 Å². The van der Waals surface area contributed by atoms with E-state index in [-0.39, 0.29) is 11.5 Å². The number of hydrogen-bond acceptors (Lipinski definition) is 3. The van der Waals surface area contributed by atoms with Crippen LogP contribution in [0.3, 0.4) is 0 Å². The molecule has 0 spiro atoms. The van der Waals surface area contributed by atoms with Gasteiger partial charge in [-0.25, -0.2) is 14.1 Å². The maximum absolute atomic E-state index is 13.3. The molecule has 0 fully saturated rings. The smallest absolute Gasteiger partial charge is 0.368 e. The zero-order valence-corrected chi connectivity index (χ0v) is 11.2.